The summed E-state index contributed by atoms with van der Waals surface area (Å²) in [5, 5.41) is 6.49. The maximum Gasteiger partial charge on any atom is 0.234 e. The minimum Gasteiger partial charge on any atom is -0.383 e. The van der Waals surface area contributed by atoms with Crippen molar-refractivity contribution >= 4 is 5.91 Å². The van der Waals surface area contributed by atoms with Gasteiger partial charge in [-0.3, -0.25) is 9.69 Å². The lowest BCUT2D eigenvalue weighted by Gasteiger charge is -2.35. The van der Waals surface area contributed by atoms with Crippen molar-refractivity contribution in [2.75, 3.05) is 39.9 Å². The highest BCUT2D eigenvalue weighted by atomic mass is 16.5. The van der Waals surface area contributed by atoms with Crippen LogP contribution in [0.5, 0.6) is 0 Å². The van der Waals surface area contributed by atoms with E-state index in [1.807, 2.05) is 0 Å². The Hall–Kier alpha value is -0.650. The Morgan fingerprint density at radius 3 is 2.89 bits per heavy atom. The first kappa shape index (κ1) is 14.8. The largest absolute Gasteiger partial charge is 0.383 e. The molecule has 1 atom stereocenters. The molecule has 5 heteroatoms. The zero-order chi connectivity index (χ0) is 13.5. The Balaban J connectivity index is 1.69. The van der Waals surface area contributed by atoms with Gasteiger partial charge in [0.25, 0.3) is 0 Å². The molecule has 1 aliphatic carbocycles. The Morgan fingerprint density at radius 1 is 1.32 bits per heavy atom. The fourth-order valence-electron chi connectivity index (χ4n) is 2.62. The first-order valence-corrected chi connectivity index (χ1v) is 7.52. The quantitative estimate of drug-likeness (QED) is 0.625. The summed E-state index contributed by atoms with van der Waals surface area (Å²) in [6.07, 6.45) is 6.36. The molecule has 0 radical (unpaired) electrons. The third kappa shape index (κ3) is 5.47. The fraction of sp³-hybridized carbons (Fsp3) is 0.929. The predicted octanol–water partition coefficient (Wildman–Crippen LogP) is 0.356. The van der Waals surface area contributed by atoms with Crippen molar-refractivity contribution in [3.05, 3.63) is 0 Å². The van der Waals surface area contributed by atoms with Gasteiger partial charge in [-0.1, -0.05) is 6.42 Å². The molecule has 2 aliphatic rings. The van der Waals surface area contributed by atoms with Crippen molar-refractivity contribution < 1.29 is 9.53 Å². The van der Waals surface area contributed by atoms with Gasteiger partial charge in [-0.15, -0.1) is 0 Å². The van der Waals surface area contributed by atoms with Crippen LogP contribution in [0.2, 0.25) is 0 Å². The van der Waals surface area contributed by atoms with E-state index in [9.17, 15) is 4.79 Å². The summed E-state index contributed by atoms with van der Waals surface area (Å²) < 4.78 is 4.94. The molecule has 5 nitrogen and oxygen atoms in total. The summed E-state index contributed by atoms with van der Waals surface area (Å²) in [6.45, 7) is 3.80. The number of nitrogens with one attached hydrogen (secondary N) is 2. The van der Waals surface area contributed by atoms with E-state index in [1.54, 1.807) is 7.11 Å². The van der Waals surface area contributed by atoms with Crippen LogP contribution in [0, 0.1) is 0 Å². The van der Waals surface area contributed by atoms with Gasteiger partial charge in [-0.05, 0) is 32.2 Å². The number of hydrogen-bond acceptors (Lipinski definition) is 4. The summed E-state index contributed by atoms with van der Waals surface area (Å²) in [5.74, 6) is 0.121. The van der Waals surface area contributed by atoms with Crippen LogP contribution in [0.1, 0.15) is 32.1 Å². The van der Waals surface area contributed by atoms with Gasteiger partial charge in [-0.2, -0.15) is 0 Å². The Labute approximate surface area is 116 Å². The second-order valence-electron chi connectivity index (χ2n) is 5.65. The topological polar surface area (TPSA) is 53.6 Å². The maximum atomic E-state index is 11.9. The summed E-state index contributed by atoms with van der Waals surface area (Å²) >= 11 is 0. The summed E-state index contributed by atoms with van der Waals surface area (Å²) in [6, 6.07) is 1.28. The second-order valence-corrected chi connectivity index (χ2v) is 5.65. The van der Waals surface area contributed by atoms with Gasteiger partial charge in [0.05, 0.1) is 13.2 Å². The molecule has 0 aromatic carbocycles. The van der Waals surface area contributed by atoms with Crippen LogP contribution >= 0.6 is 0 Å². The van der Waals surface area contributed by atoms with Crippen LogP contribution < -0.4 is 10.6 Å². The minimum absolute atomic E-state index is 0.121. The smallest absolute Gasteiger partial charge is 0.234 e. The van der Waals surface area contributed by atoms with E-state index in [-0.39, 0.29) is 5.91 Å². The molecule has 1 saturated carbocycles. The third-order valence-electron chi connectivity index (χ3n) is 3.94. The van der Waals surface area contributed by atoms with E-state index in [0.29, 0.717) is 25.7 Å². The van der Waals surface area contributed by atoms with E-state index in [2.05, 4.69) is 15.5 Å². The lowest BCUT2D eigenvalue weighted by atomic mass is 10.0. The molecule has 2 rings (SSSR count). The second kappa shape index (κ2) is 7.82. The van der Waals surface area contributed by atoms with Gasteiger partial charge in [0.1, 0.15) is 0 Å². The number of piperidine rings is 1. The molecule has 0 aromatic rings. The number of amides is 1. The standard InChI is InChI=1S/C14H27N3O2/c1-19-9-7-15-14(18)11-17-8-3-2-4-13(17)10-16-12-5-6-12/h12-13,16H,2-11H2,1H3,(H,15,18). The van der Waals surface area contributed by atoms with Gasteiger partial charge < -0.3 is 15.4 Å². The van der Waals surface area contributed by atoms with Crippen LogP contribution in [0.3, 0.4) is 0 Å². The van der Waals surface area contributed by atoms with Gasteiger partial charge >= 0.3 is 0 Å². The molecule has 1 saturated heterocycles. The average molecular weight is 269 g/mol. The van der Waals surface area contributed by atoms with E-state index in [1.165, 1.54) is 32.1 Å². The maximum absolute atomic E-state index is 11.9. The van der Waals surface area contributed by atoms with Crippen LogP contribution in [0.25, 0.3) is 0 Å². The predicted molar refractivity (Wildman–Crippen MR) is 75.1 cm³/mol. The van der Waals surface area contributed by atoms with E-state index >= 15 is 0 Å². The minimum atomic E-state index is 0.121. The first-order chi connectivity index (χ1) is 9.29. The normalized spacial score (nSPS) is 24.4. The number of likely N-dealkylation sites (tertiary alicyclic amines) is 1. The molecule has 2 N–H and O–H groups in total. The molecule has 0 bridgehead atoms. The molecule has 1 unspecified atom stereocenters. The Kier molecular flexibility index (Phi) is 6.07. The summed E-state index contributed by atoms with van der Waals surface area (Å²) in [5.41, 5.74) is 0. The van der Waals surface area contributed by atoms with Gasteiger partial charge in [0.2, 0.25) is 5.91 Å². The third-order valence-corrected chi connectivity index (χ3v) is 3.94. The zero-order valence-electron chi connectivity index (χ0n) is 12.0. The Bertz CT molecular complexity index is 282. The van der Waals surface area contributed by atoms with Crippen molar-refractivity contribution in [2.24, 2.45) is 0 Å². The van der Waals surface area contributed by atoms with Crippen LogP contribution in [0.4, 0.5) is 0 Å². The highest BCUT2D eigenvalue weighted by molar-refractivity contribution is 5.78. The van der Waals surface area contributed by atoms with Crippen LogP contribution in [-0.4, -0.2) is 62.8 Å². The number of hydrogen-bond donors (Lipinski definition) is 2. The van der Waals surface area contributed by atoms with Gasteiger partial charge in [0, 0.05) is 32.3 Å². The number of carbonyl (C=O) groups excluding carboxylic acids is 1. The van der Waals surface area contributed by atoms with Crippen molar-refractivity contribution in [1.82, 2.24) is 15.5 Å². The number of nitrogens with zero attached hydrogens (tertiary/aromatic N) is 1. The van der Waals surface area contributed by atoms with Crippen molar-refractivity contribution in [1.29, 1.82) is 0 Å². The number of carbonyl (C=O) groups is 1. The highest BCUT2D eigenvalue weighted by Gasteiger charge is 2.27. The molecule has 0 spiro atoms. The molecule has 1 aliphatic heterocycles. The number of ether oxygens (including phenoxy) is 1. The zero-order valence-corrected chi connectivity index (χ0v) is 12.0. The summed E-state index contributed by atoms with van der Waals surface area (Å²) in [7, 11) is 1.65. The lowest BCUT2D eigenvalue weighted by Crippen LogP contribution is -2.50. The molecule has 110 valence electrons. The summed E-state index contributed by atoms with van der Waals surface area (Å²) in [4.78, 5) is 14.2. The monoisotopic (exact) mass is 269 g/mol. The molecule has 1 heterocycles. The van der Waals surface area contributed by atoms with Gasteiger partial charge in [-0.25, -0.2) is 0 Å². The molecule has 1 amide bonds. The Morgan fingerprint density at radius 2 is 2.16 bits per heavy atom. The van der Waals surface area contributed by atoms with E-state index in [4.69, 9.17) is 4.74 Å². The first-order valence-electron chi connectivity index (χ1n) is 7.52. The van der Waals surface area contributed by atoms with Gasteiger partial charge in [0.15, 0.2) is 0 Å². The van der Waals surface area contributed by atoms with Crippen LogP contribution in [0.15, 0.2) is 0 Å². The van der Waals surface area contributed by atoms with E-state index < -0.39 is 0 Å². The van der Waals surface area contributed by atoms with Crippen molar-refractivity contribution in [3.8, 4) is 0 Å². The van der Waals surface area contributed by atoms with E-state index in [0.717, 1.165) is 19.1 Å². The fourth-order valence-corrected chi connectivity index (χ4v) is 2.62. The molecule has 0 aromatic heterocycles. The molecular weight excluding hydrogens is 242 g/mol. The molecular formula is C14H27N3O2. The highest BCUT2D eigenvalue weighted by Crippen LogP contribution is 2.21. The molecule has 2 fully saturated rings. The van der Waals surface area contributed by atoms with Crippen molar-refractivity contribution in [2.45, 2.75) is 44.2 Å². The average Bonchev–Trinajstić information content (AvgIpc) is 3.22. The number of rotatable bonds is 8. The molecule has 19 heavy (non-hydrogen) atoms. The van der Waals surface area contributed by atoms with Crippen LogP contribution in [-0.2, 0) is 9.53 Å². The SMILES string of the molecule is COCCNC(=O)CN1CCCCC1CNC1CC1. The van der Waals surface area contributed by atoms with Crippen molar-refractivity contribution in [3.63, 3.8) is 0 Å². The lowest BCUT2D eigenvalue weighted by molar-refractivity contribution is -0.123. The number of methoxy groups -OCH3 is 1.